The van der Waals surface area contributed by atoms with Crippen molar-refractivity contribution in [3.05, 3.63) is 89.5 Å². The summed E-state index contributed by atoms with van der Waals surface area (Å²) in [6.07, 6.45) is 8.48. The van der Waals surface area contributed by atoms with Crippen LogP contribution in [0.2, 0.25) is 0 Å². The zero-order valence-electron chi connectivity index (χ0n) is 25.5. The third kappa shape index (κ3) is 7.27. The van der Waals surface area contributed by atoms with Crippen LogP contribution in [0.25, 0.3) is 0 Å². The van der Waals surface area contributed by atoms with Gasteiger partial charge in [-0.1, -0.05) is 60.7 Å². The molecule has 6 heteroatoms. The Morgan fingerprint density at radius 1 is 0.762 bits per heavy atom. The number of aryl methyl sites for hydroxylation is 2. The molecule has 1 unspecified atom stereocenters. The molecule has 2 bridgehead atoms. The van der Waals surface area contributed by atoms with Gasteiger partial charge in [-0.05, 0) is 86.1 Å². The lowest BCUT2D eigenvalue weighted by atomic mass is 9.92. The summed E-state index contributed by atoms with van der Waals surface area (Å²) in [4.78, 5) is 18.4. The summed E-state index contributed by atoms with van der Waals surface area (Å²) in [5.41, 5.74) is 3.86. The standard InChI is InChI=1S/C36H46N2O4/c1-40-33-22-30(23-34(41-2)35(33)42-3)19-11-18-28(17-10-16-27-12-6-4-7-13-27)24-37-26-31-20-21-32(36(37)39)38(31)25-29-14-8-5-9-15-29/h4-9,12-15,22-23,28,31-32H,10-11,16-21,24-26H2,1-3H3/t28?,31-,32+/m1/s1. The molecule has 6 nitrogen and oxygen atoms in total. The average molecular weight is 571 g/mol. The zero-order valence-corrected chi connectivity index (χ0v) is 25.5. The third-order valence-corrected chi connectivity index (χ3v) is 9.08. The molecule has 3 atom stereocenters. The SMILES string of the molecule is COc1cc(CCCC(CCCc2ccccc2)CN2C[C@H]3CC[C@@H](C2=O)N3Cc2ccccc2)cc(OC)c1OC. The van der Waals surface area contributed by atoms with E-state index in [0.717, 1.165) is 71.0 Å². The first kappa shape index (κ1) is 30.0. The molecular formula is C36H46N2O4. The number of likely N-dealkylation sites (tertiary alicyclic amines) is 1. The Labute approximate surface area is 251 Å². The van der Waals surface area contributed by atoms with Crippen LogP contribution in [0.5, 0.6) is 17.2 Å². The Morgan fingerprint density at radius 3 is 1.95 bits per heavy atom. The first-order valence-electron chi connectivity index (χ1n) is 15.5. The fourth-order valence-electron chi connectivity index (χ4n) is 6.90. The number of carbonyl (C=O) groups is 1. The molecule has 0 N–H and O–H groups in total. The van der Waals surface area contributed by atoms with Gasteiger partial charge in [-0.2, -0.15) is 0 Å². The molecule has 0 saturated carbocycles. The number of ether oxygens (including phenoxy) is 3. The van der Waals surface area contributed by atoms with Gasteiger partial charge in [-0.25, -0.2) is 0 Å². The van der Waals surface area contributed by atoms with Crippen LogP contribution in [-0.4, -0.2) is 62.2 Å². The molecule has 2 heterocycles. The number of hydrogen-bond donors (Lipinski definition) is 0. The second kappa shape index (κ2) is 14.6. The summed E-state index contributed by atoms with van der Waals surface area (Å²) in [7, 11) is 4.95. The summed E-state index contributed by atoms with van der Waals surface area (Å²) < 4.78 is 16.7. The minimum Gasteiger partial charge on any atom is -0.493 e. The molecule has 42 heavy (non-hydrogen) atoms. The largest absolute Gasteiger partial charge is 0.493 e. The van der Waals surface area contributed by atoms with E-state index in [1.54, 1.807) is 21.3 Å². The van der Waals surface area contributed by atoms with E-state index in [4.69, 9.17) is 14.2 Å². The van der Waals surface area contributed by atoms with Crippen molar-refractivity contribution in [2.45, 2.75) is 70.0 Å². The molecule has 3 aromatic rings. The molecule has 2 saturated heterocycles. The molecule has 2 aliphatic heterocycles. The van der Waals surface area contributed by atoms with Gasteiger partial charge in [0, 0.05) is 25.7 Å². The topological polar surface area (TPSA) is 51.2 Å². The number of piperazine rings is 1. The van der Waals surface area contributed by atoms with Gasteiger partial charge in [0.05, 0.1) is 27.4 Å². The molecule has 0 spiro atoms. The van der Waals surface area contributed by atoms with Crippen LogP contribution in [0.1, 0.15) is 55.2 Å². The number of nitrogens with zero attached hydrogens (tertiary/aromatic N) is 2. The first-order chi connectivity index (χ1) is 20.6. The Balaban J connectivity index is 1.23. The molecule has 224 valence electrons. The highest BCUT2D eigenvalue weighted by molar-refractivity contribution is 5.83. The van der Waals surface area contributed by atoms with Gasteiger partial charge in [0.1, 0.15) is 0 Å². The van der Waals surface area contributed by atoms with Gasteiger partial charge >= 0.3 is 0 Å². The van der Waals surface area contributed by atoms with E-state index in [1.165, 1.54) is 16.7 Å². The van der Waals surface area contributed by atoms with Gasteiger partial charge in [0.2, 0.25) is 11.7 Å². The maximum absolute atomic E-state index is 13.8. The van der Waals surface area contributed by atoms with Gasteiger partial charge < -0.3 is 19.1 Å². The van der Waals surface area contributed by atoms with Crippen LogP contribution < -0.4 is 14.2 Å². The van der Waals surface area contributed by atoms with Crippen molar-refractivity contribution < 1.29 is 19.0 Å². The van der Waals surface area contributed by atoms with Crippen LogP contribution in [0.4, 0.5) is 0 Å². The Hall–Kier alpha value is -3.51. The van der Waals surface area contributed by atoms with Crippen LogP contribution >= 0.6 is 0 Å². The van der Waals surface area contributed by atoms with Gasteiger partial charge in [0.15, 0.2) is 11.5 Å². The Bertz CT molecular complexity index is 1260. The molecule has 0 aliphatic carbocycles. The highest BCUT2D eigenvalue weighted by Crippen LogP contribution is 2.39. The van der Waals surface area contributed by atoms with Crippen molar-refractivity contribution in [3.8, 4) is 17.2 Å². The van der Waals surface area contributed by atoms with Crippen molar-refractivity contribution >= 4 is 5.91 Å². The summed E-state index contributed by atoms with van der Waals surface area (Å²) in [6.45, 7) is 2.57. The summed E-state index contributed by atoms with van der Waals surface area (Å²) in [6, 6.07) is 25.9. The van der Waals surface area contributed by atoms with Gasteiger partial charge in [-0.15, -0.1) is 0 Å². The normalized spacial score (nSPS) is 19.1. The number of methoxy groups -OCH3 is 3. The third-order valence-electron chi connectivity index (χ3n) is 9.08. The first-order valence-corrected chi connectivity index (χ1v) is 15.5. The second-order valence-electron chi connectivity index (χ2n) is 11.8. The lowest BCUT2D eigenvalue weighted by Gasteiger charge is -2.41. The number of fused-ring (bicyclic) bond motifs is 2. The van der Waals surface area contributed by atoms with Crippen molar-refractivity contribution in [2.24, 2.45) is 5.92 Å². The second-order valence-corrected chi connectivity index (χ2v) is 11.8. The number of benzene rings is 3. The molecular weight excluding hydrogens is 524 g/mol. The highest BCUT2D eigenvalue weighted by Gasteiger charge is 2.45. The van der Waals surface area contributed by atoms with E-state index < -0.39 is 0 Å². The fourth-order valence-corrected chi connectivity index (χ4v) is 6.90. The number of hydrogen-bond acceptors (Lipinski definition) is 5. The van der Waals surface area contributed by atoms with Crippen molar-refractivity contribution in [1.29, 1.82) is 0 Å². The maximum Gasteiger partial charge on any atom is 0.240 e. The van der Waals surface area contributed by atoms with Crippen molar-refractivity contribution in [1.82, 2.24) is 9.80 Å². The minimum atomic E-state index is 0.0214. The van der Waals surface area contributed by atoms with Crippen LogP contribution in [0, 0.1) is 5.92 Å². The summed E-state index contributed by atoms with van der Waals surface area (Å²) >= 11 is 0. The molecule has 0 aromatic heterocycles. The lowest BCUT2D eigenvalue weighted by Crippen LogP contribution is -2.57. The average Bonchev–Trinajstić information content (AvgIpc) is 3.33. The number of carbonyl (C=O) groups excluding carboxylic acids is 1. The highest BCUT2D eigenvalue weighted by atomic mass is 16.5. The van der Waals surface area contributed by atoms with E-state index in [-0.39, 0.29) is 6.04 Å². The number of amides is 1. The lowest BCUT2D eigenvalue weighted by molar-refractivity contribution is -0.142. The molecule has 1 amide bonds. The van der Waals surface area contributed by atoms with Gasteiger partial charge in [-0.3, -0.25) is 9.69 Å². The predicted octanol–water partition coefficient (Wildman–Crippen LogP) is 6.55. The van der Waals surface area contributed by atoms with Crippen molar-refractivity contribution in [3.63, 3.8) is 0 Å². The quantitative estimate of drug-likeness (QED) is 0.207. The monoisotopic (exact) mass is 570 g/mol. The Morgan fingerprint density at radius 2 is 1.36 bits per heavy atom. The minimum absolute atomic E-state index is 0.0214. The maximum atomic E-state index is 13.8. The van der Waals surface area contributed by atoms with E-state index in [1.807, 2.05) is 0 Å². The molecule has 5 rings (SSSR count). The van der Waals surface area contributed by atoms with E-state index >= 15 is 0 Å². The Kier molecular flexibility index (Phi) is 10.4. The van der Waals surface area contributed by atoms with E-state index in [2.05, 4.69) is 82.6 Å². The summed E-state index contributed by atoms with van der Waals surface area (Å²) in [5.74, 6) is 2.82. The number of rotatable bonds is 15. The molecule has 2 aliphatic rings. The molecule has 0 radical (unpaired) electrons. The van der Waals surface area contributed by atoms with E-state index in [9.17, 15) is 4.79 Å². The van der Waals surface area contributed by atoms with Crippen LogP contribution in [0.15, 0.2) is 72.8 Å². The van der Waals surface area contributed by atoms with Crippen LogP contribution in [-0.2, 0) is 24.2 Å². The zero-order chi connectivity index (χ0) is 29.3. The smallest absolute Gasteiger partial charge is 0.240 e. The van der Waals surface area contributed by atoms with Crippen molar-refractivity contribution in [2.75, 3.05) is 34.4 Å². The van der Waals surface area contributed by atoms with E-state index in [0.29, 0.717) is 35.1 Å². The predicted molar refractivity (Wildman–Crippen MR) is 167 cm³/mol. The fraction of sp³-hybridized carbons (Fsp3) is 0.472. The van der Waals surface area contributed by atoms with Gasteiger partial charge in [0.25, 0.3) is 0 Å². The van der Waals surface area contributed by atoms with Crippen LogP contribution in [0.3, 0.4) is 0 Å². The molecule has 3 aromatic carbocycles. The summed E-state index contributed by atoms with van der Waals surface area (Å²) in [5, 5.41) is 0. The molecule has 2 fully saturated rings.